The second-order valence-corrected chi connectivity index (χ2v) is 10.1. The van der Waals surface area contributed by atoms with Crippen LogP contribution in [0.25, 0.3) is 0 Å². The first-order valence-electron chi connectivity index (χ1n) is 9.84. The van der Waals surface area contributed by atoms with Crippen molar-refractivity contribution in [3.63, 3.8) is 0 Å². The van der Waals surface area contributed by atoms with Gasteiger partial charge in [0.1, 0.15) is 0 Å². The first kappa shape index (κ1) is 26.7. The number of esters is 2. The molecule has 144 valence electrons. The molecular formula is C20H38O4Sn+2. The molecule has 0 aliphatic carbocycles. The van der Waals surface area contributed by atoms with Crippen LogP contribution >= 0.6 is 0 Å². The molecule has 0 spiro atoms. The van der Waals surface area contributed by atoms with Gasteiger partial charge in [0, 0.05) is 12.2 Å². The first-order valence-corrected chi connectivity index (χ1v) is 13.9. The summed E-state index contributed by atoms with van der Waals surface area (Å²) in [5.41, 5.74) is 0. The molecule has 0 aliphatic rings. The van der Waals surface area contributed by atoms with Crippen LogP contribution in [0.3, 0.4) is 0 Å². The number of rotatable bonds is 14. The predicted octanol–water partition coefficient (Wildman–Crippen LogP) is 5.36. The second kappa shape index (κ2) is 23.5. The van der Waals surface area contributed by atoms with Crippen LogP contribution in [0.15, 0.2) is 12.2 Å². The molecule has 5 heteroatoms. The van der Waals surface area contributed by atoms with Gasteiger partial charge < -0.3 is 9.47 Å². The van der Waals surface area contributed by atoms with Gasteiger partial charge >= 0.3 is 81.5 Å². The van der Waals surface area contributed by atoms with Gasteiger partial charge in [-0.2, -0.15) is 0 Å². The molecule has 0 saturated heterocycles. The Bertz CT molecular complexity index is 300. The van der Waals surface area contributed by atoms with E-state index in [9.17, 15) is 9.59 Å². The molecule has 0 bridgehead atoms. The zero-order valence-corrected chi connectivity index (χ0v) is 19.6. The molecule has 0 saturated carbocycles. The molecule has 0 rings (SSSR count). The third-order valence-electron chi connectivity index (χ3n) is 3.25. The Morgan fingerprint density at radius 2 is 1.04 bits per heavy atom. The minimum absolute atomic E-state index is 0.149. The van der Waals surface area contributed by atoms with Crippen molar-refractivity contribution in [2.24, 2.45) is 0 Å². The summed E-state index contributed by atoms with van der Waals surface area (Å²) in [7, 11) is 0. The standard InChI is InChI=1S/C12H20O4.2C4H9.Sn/c1-3-5-9-15-11(13)7-8-12(14)16-10-6-4-2;2*1-3-4-2;/h7-8H,3-6,9-10H2,1-2H3;2*1,3-4H2,2H3;/q;;;+2/b8-7-;;;. The molecule has 25 heavy (non-hydrogen) atoms. The third kappa shape index (κ3) is 25.8. The van der Waals surface area contributed by atoms with E-state index in [1.54, 1.807) is 8.87 Å². The van der Waals surface area contributed by atoms with Crippen molar-refractivity contribution in [1.29, 1.82) is 0 Å². The number of carbonyl (C=O) groups is 2. The maximum atomic E-state index is 11.0. The van der Waals surface area contributed by atoms with Crippen LogP contribution in [-0.4, -0.2) is 46.3 Å². The van der Waals surface area contributed by atoms with Gasteiger partial charge in [0.2, 0.25) is 0 Å². The van der Waals surface area contributed by atoms with Crippen molar-refractivity contribution in [3.05, 3.63) is 12.2 Å². The molecule has 0 fully saturated rings. The summed E-state index contributed by atoms with van der Waals surface area (Å²) in [6, 6.07) is 0. The monoisotopic (exact) mass is 462 g/mol. The van der Waals surface area contributed by atoms with E-state index in [1.807, 2.05) is 13.8 Å². The first-order chi connectivity index (χ1) is 12.1. The summed E-state index contributed by atoms with van der Waals surface area (Å²) in [5, 5.41) is 0. The molecule has 0 aromatic carbocycles. The van der Waals surface area contributed by atoms with Gasteiger partial charge in [-0.15, -0.1) is 0 Å². The molecule has 0 unspecified atom stereocenters. The Morgan fingerprint density at radius 3 is 1.36 bits per heavy atom. The van der Waals surface area contributed by atoms with E-state index < -0.39 is 11.9 Å². The Hall–Kier alpha value is -0.521. The summed E-state index contributed by atoms with van der Waals surface area (Å²) in [4.78, 5) is 22.1. The SMILES string of the molecule is CCCCOC(=O)/C=C\C(=O)OCCCC.CCC[CH2][Sn+2][CH2]CCC. The van der Waals surface area contributed by atoms with E-state index in [4.69, 9.17) is 9.47 Å². The van der Waals surface area contributed by atoms with Crippen LogP contribution in [-0.2, 0) is 19.1 Å². The Kier molecular flexibility index (Phi) is 25.1. The molecule has 0 heterocycles. The van der Waals surface area contributed by atoms with Crippen LogP contribution < -0.4 is 0 Å². The number of carbonyl (C=O) groups excluding carboxylic acids is 2. The maximum absolute atomic E-state index is 11.0. The van der Waals surface area contributed by atoms with E-state index in [2.05, 4.69) is 13.8 Å². The molecule has 0 aromatic rings. The fourth-order valence-electron chi connectivity index (χ4n) is 1.60. The summed E-state index contributed by atoms with van der Waals surface area (Å²) in [5.74, 6) is -0.998. The van der Waals surface area contributed by atoms with Crippen LogP contribution in [0, 0.1) is 0 Å². The van der Waals surface area contributed by atoms with Crippen molar-refractivity contribution < 1.29 is 19.1 Å². The fraction of sp³-hybridized carbons (Fsp3) is 0.800. The van der Waals surface area contributed by atoms with Gasteiger partial charge in [0.05, 0.1) is 13.2 Å². The van der Waals surface area contributed by atoms with Crippen molar-refractivity contribution in [3.8, 4) is 0 Å². The quantitative estimate of drug-likeness (QED) is 0.151. The van der Waals surface area contributed by atoms with Crippen molar-refractivity contribution in [1.82, 2.24) is 0 Å². The third-order valence-corrected chi connectivity index (χ3v) is 7.29. The number of unbranched alkanes of at least 4 members (excludes halogenated alkanes) is 4. The van der Waals surface area contributed by atoms with Crippen LogP contribution in [0.2, 0.25) is 8.87 Å². The number of hydrogen-bond donors (Lipinski definition) is 0. The summed E-state index contributed by atoms with van der Waals surface area (Å²) in [6.07, 6.45) is 11.6. The Morgan fingerprint density at radius 1 is 0.680 bits per heavy atom. The van der Waals surface area contributed by atoms with Gasteiger partial charge in [0.25, 0.3) is 0 Å². The zero-order valence-electron chi connectivity index (χ0n) is 16.8. The van der Waals surface area contributed by atoms with E-state index in [1.165, 1.54) is 25.7 Å². The topological polar surface area (TPSA) is 52.6 Å². The minimum atomic E-state index is -0.499. The van der Waals surface area contributed by atoms with Crippen LogP contribution in [0.4, 0.5) is 0 Å². The Balaban J connectivity index is 0. The second-order valence-electron chi connectivity index (χ2n) is 5.83. The zero-order chi connectivity index (χ0) is 19.2. The van der Waals surface area contributed by atoms with E-state index in [0.29, 0.717) is 13.2 Å². The summed E-state index contributed by atoms with van der Waals surface area (Å²) < 4.78 is 12.9. The molecule has 0 aliphatic heterocycles. The van der Waals surface area contributed by atoms with Gasteiger partial charge in [-0.3, -0.25) is 0 Å². The average Bonchev–Trinajstić information content (AvgIpc) is 2.61. The normalized spacial score (nSPS) is 9.92. The van der Waals surface area contributed by atoms with Crippen LogP contribution in [0.5, 0.6) is 0 Å². The Labute approximate surface area is 165 Å². The number of hydrogen-bond acceptors (Lipinski definition) is 4. The van der Waals surface area contributed by atoms with Crippen molar-refractivity contribution in [2.45, 2.75) is 87.9 Å². The van der Waals surface area contributed by atoms with Crippen molar-refractivity contribution >= 4 is 33.1 Å². The molecular weight excluding hydrogens is 423 g/mol. The van der Waals surface area contributed by atoms with Gasteiger partial charge in [-0.25, -0.2) is 9.59 Å². The summed E-state index contributed by atoms with van der Waals surface area (Å²) in [6.45, 7) is 9.39. The molecule has 0 amide bonds. The van der Waals surface area contributed by atoms with Crippen LogP contribution in [0.1, 0.15) is 79.1 Å². The molecule has 0 radical (unpaired) electrons. The van der Waals surface area contributed by atoms with Gasteiger partial charge in [0.15, 0.2) is 0 Å². The van der Waals surface area contributed by atoms with E-state index in [0.717, 1.165) is 37.8 Å². The average molecular weight is 461 g/mol. The predicted molar refractivity (Wildman–Crippen MR) is 106 cm³/mol. The van der Waals surface area contributed by atoms with E-state index >= 15 is 0 Å². The van der Waals surface area contributed by atoms with Crippen molar-refractivity contribution in [2.75, 3.05) is 13.2 Å². The van der Waals surface area contributed by atoms with Gasteiger partial charge in [-0.1, -0.05) is 26.7 Å². The summed E-state index contributed by atoms with van der Waals surface area (Å²) >= 11 is 0.149. The molecule has 0 atom stereocenters. The molecule has 0 N–H and O–H groups in total. The number of ether oxygens (including phenoxy) is 2. The molecule has 0 aromatic heterocycles. The fourth-order valence-corrected chi connectivity index (χ4v) is 5.75. The van der Waals surface area contributed by atoms with Gasteiger partial charge in [-0.05, 0) is 12.8 Å². The van der Waals surface area contributed by atoms with E-state index in [-0.39, 0.29) is 21.1 Å². The molecule has 4 nitrogen and oxygen atoms in total.